The molecule has 1 N–H and O–H groups in total. The summed E-state index contributed by atoms with van der Waals surface area (Å²) in [6, 6.07) is 3.41. The summed E-state index contributed by atoms with van der Waals surface area (Å²) in [5, 5.41) is 9.37. The topological polar surface area (TPSA) is 55.8 Å². The van der Waals surface area contributed by atoms with Gasteiger partial charge in [0.25, 0.3) is 0 Å². The smallest absolute Gasteiger partial charge is 0.310 e. The second-order valence-corrected chi connectivity index (χ2v) is 4.05. The second kappa shape index (κ2) is 4.22. The van der Waals surface area contributed by atoms with Crippen LogP contribution in [0.15, 0.2) is 12.1 Å². The lowest BCUT2D eigenvalue weighted by Gasteiger charge is -2.23. The van der Waals surface area contributed by atoms with Gasteiger partial charge in [0.05, 0.1) is 18.1 Å². The van der Waals surface area contributed by atoms with Gasteiger partial charge >= 0.3 is 5.97 Å². The summed E-state index contributed by atoms with van der Waals surface area (Å²) in [6.07, 6.45) is 0.418. The first kappa shape index (κ1) is 11.1. The second-order valence-electron chi connectivity index (χ2n) is 3.65. The molecule has 0 saturated heterocycles. The predicted octanol–water partition coefficient (Wildman–Crippen LogP) is 1.98. The summed E-state index contributed by atoms with van der Waals surface area (Å²) in [5.74, 6) is -0.196. The van der Waals surface area contributed by atoms with Crippen LogP contribution in [0.3, 0.4) is 0 Å². The number of ether oxygens (including phenoxy) is 2. The number of fused-ring (bicyclic) bond motifs is 1. The SMILES string of the molecule is COc1cc(Cl)c2c(c1)C[C@@H](C(=O)O)CO2. The number of rotatable bonds is 2. The van der Waals surface area contributed by atoms with Crippen LogP contribution in [-0.2, 0) is 11.2 Å². The van der Waals surface area contributed by atoms with Crippen molar-refractivity contribution < 1.29 is 19.4 Å². The van der Waals surface area contributed by atoms with Gasteiger partial charge in [0.2, 0.25) is 0 Å². The summed E-state index contributed by atoms with van der Waals surface area (Å²) in [7, 11) is 1.54. The van der Waals surface area contributed by atoms with Crippen molar-refractivity contribution in [2.75, 3.05) is 13.7 Å². The van der Waals surface area contributed by atoms with Gasteiger partial charge in [-0.2, -0.15) is 0 Å². The highest BCUT2D eigenvalue weighted by Gasteiger charge is 2.27. The summed E-state index contributed by atoms with van der Waals surface area (Å²) in [6.45, 7) is 0.161. The van der Waals surface area contributed by atoms with Crippen LogP contribution in [0.5, 0.6) is 11.5 Å². The van der Waals surface area contributed by atoms with Crippen molar-refractivity contribution in [3.8, 4) is 11.5 Å². The highest BCUT2D eigenvalue weighted by Crippen LogP contribution is 2.37. The maximum atomic E-state index is 10.9. The van der Waals surface area contributed by atoms with E-state index >= 15 is 0 Å². The number of benzene rings is 1. The molecule has 0 bridgehead atoms. The molecule has 0 aromatic heterocycles. The summed E-state index contributed by atoms with van der Waals surface area (Å²) < 4.78 is 10.4. The zero-order valence-electron chi connectivity index (χ0n) is 8.70. The molecule has 2 rings (SSSR count). The highest BCUT2D eigenvalue weighted by molar-refractivity contribution is 6.32. The molecule has 16 heavy (non-hydrogen) atoms. The lowest BCUT2D eigenvalue weighted by Crippen LogP contribution is -2.28. The lowest BCUT2D eigenvalue weighted by atomic mass is 9.97. The first-order valence-corrected chi connectivity index (χ1v) is 5.21. The molecule has 0 saturated carbocycles. The molecule has 0 aliphatic carbocycles. The van der Waals surface area contributed by atoms with Gasteiger partial charge in [0.1, 0.15) is 18.1 Å². The van der Waals surface area contributed by atoms with Crippen molar-refractivity contribution >= 4 is 17.6 Å². The zero-order valence-corrected chi connectivity index (χ0v) is 9.45. The minimum atomic E-state index is -0.857. The van der Waals surface area contributed by atoms with E-state index in [0.717, 1.165) is 5.56 Å². The Bertz CT molecular complexity index is 430. The van der Waals surface area contributed by atoms with Crippen molar-refractivity contribution in [1.29, 1.82) is 0 Å². The fraction of sp³-hybridized carbons (Fsp3) is 0.364. The number of aliphatic carboxylic acids is 1. The first-order chi connectivity index (χ1) is 7.61. The molecular formula is C11H11ClO4. The molecule has 1 aromatic rings. The van der Waals surface area contributed by atoms with E-state index in [4.69, 9.17) is 26.2 Å². The van der Waals surface area contributed by atoms with E-state index in [-0.39, 0.29) is 6.61 Å². The van der Waals surface area contributed by atoms with E-state index in [1.54, 1.807) is 12.1 Å². The van der Waals surface area contributed by atoms with Gasteiger partial charge in [-0.25, -0.2) is 0 Å². The van der Waals surface area contributed by atoms with Gasteiger partial charge in [-0.1, -0.05) is 11.6 Å². The molecule has 1 aliphatic rings. The van der Waals surface area contributed by atoms with Gasteiger partial charge in [-0.15, -0.1) is 0 Å². The third-order valence-electron chi connectivity index (χ3n) is 2.57. The van der Waals surface area contributed by atoms with Crippen molar-refractivity contribution in [3.63, 3.8) is 0 Å². The van der Waals surface area contributed by atoms with Gasteiger partial charge in [-0.05, 0) is 12.5 Å². The average molecular weight is 243 g/mol. The Kier molecular flexibility index (Phi) is 2.92. The van der Waals surface area contributed by atoms with E-state index in [9.17, 15) is 4.79 Å². The Morgan fingerprint density at radius 3 is 3.00 bits per heavy atom. The van der Waals surface area contributed by atoms with Crippen molar-refractivity contribution in [2.45, 2.75) is 6.42 Å². The molecule has 5 heteroatoms. The number of halogens is 1. The molecule has 0 spiro atoms. The number of carboxylic acids is 1. The van der Waals surface area contributed by atoms with Crippen molar-refractivity contribution in [1.82, 2.24) is 0 Å². The third kappa shape index (κ3) is 1.93. The molecule has 1 aliphatic heterocycles. The molecule has 0 radical (unpaired) electrons. The van der Waals surface area contributed by atoms with Crippen LogP contribution in [0.4, 0.5) is 0 Å². The van der Waals surface area contributed by atoms with Crippen molar-refractivity contribution in [3.05, 3.63) is 22.7 Å². The normalized spacial score (nSPS) is 18.5. The van der Waals surface area contributed by atoms with Gasteiger partial charge in [0.15, 0.2) is 0 Å². The molecule has 1 aromatic carbocycles. The third-order valence-corrected chi connectivity index (χ3v) is 2.85. The molecule has 0 fully saturated rings. The molecule has 4 nitrogen and oxygen atoms in total. The monoisotopic (exact) mass is 242 g/mol. The van der Waals surface area contributed by atoms with E-state index in [1.807, 2.05) is 0 Å². The van der Waals surface area contributed by atoms with E-state index < -0.39 is 11.9 Å². The van der Waals surface area contributed by atoms with Crippen molar-refractivity contribution in [2.24, 2.45) is 5.92 Å². The van der Waals surface area contributed by atoms with Crippen LogP contribution in [0.1, 0.15) is 5.56 Å². The number of hydrogen-bond donors (Lipinski definition) is 1. The fourth-order valence-corrected chi connectivity index (χ4v) is 2.00. The van der Waals surface area contributed by atoms with Crippen LogP contribution < -0.4 is 9.47 Å². The molecular weight excluding hydrogens is 232 g/mol. The van der Waals surface area contributed by atoms with Gasteiger partial charge in [0, 0.05) is 11.6 Å². The summed E-state index contributed by atoms with van der Waals surface area (Å²) >= 11 is 6.00. The number of hydrogen-bond acceptors (Lipinski definition) is 3. The van der Waals surface area contributed by atoms with Crippen LogP contribution in [-0.4, -0.2) is 24.8 Å². The van der Waals surface area contributed by atoms with E-state index in [0.29, 0.717) is 22.9 Å². The molecule has 1 atom stereocenters. The quantitative estimate of drug-likeness (QED) is 0.862. The Labute approximate surface area is 97.7 Å². The average Bonchev–Trinajstić information content (AvgIpc) is 2.28. The lowest BCUT2D eigenvalue weighted by molar-refractivity contribution is -0.143. The Morgan fingerprint density at radius 2 is 2.38 bits per heavy atom. The Balaban J connectivity index is 2.36. The van der Waals surface area contributed by atoms with Crippen LogP contribution in [0.2, 0.25) is 5.02 Å². The fourth-order valence-electron chi connectivity index (χ4n) is 1.72. The molecule has 1 heterocycles. The standard InChI is InChI=1S/C11H11ClO4/c1-15-8-3-6-2-7(11(13)14)5-16-10(6)9(12)4-8/h3-4,7H,2,5H2,1H3,(H,13,14)/t7-/m1/s1. The summed E-state index contributed by atoms with van der Waals surface area (Å²) in [5.41, 5.74) is 0.781. The highest BCUT2D eigenvalue weighted by atomic mass is 35.5. The minimum absolute atomic E-state index is 0.161. The van der Waals surface area contributed by atoms with Gasteiger partial charge < -0.3 is 14.6 Å². The Hall–Kier alpha value is -1.42. The minimum Gasteiger partial charge on any atom is -0.497 e. The number of carboxylic acid groups (broad SMARTS) is 1. The summed E-state index contributed by atoms with van der Waals surface area (Å²) in [4.78, 5) is 10.9. The maximum Gasteiger partial charge on any atom is 0.310 e. The van der Waals surface area contributed by atoms with Gasteiger partial charge in [-0.3, -0.25) is 4.79 Å². The zero-order chi connectivity index (χ0) is 11.7. The first-order valence-electron chi connectivity index (χ1n) is 4.84. The molecule has 0 amide bonds. The van der Waals surface area contributed by atoms with E-state index in [2.05, 4.69) is 0 Å². The molecule has 0 unspecified atom stereocenters. The maximum absolute atomic E-state index is 10.9. The number of methoxy groups -OCH3 is 1. The Morgan fingerprint density at radius 1 is 1.62 bits per heavy atom. The number of carbonyl (C=O) groups is 1. The molecule has 86 valence electrons. The van der Waals surface area contributed by atoms with Crippen LogP contribution in [0, 0.1) is 5.92 Å². The van der Waals surface area contributed by atoms with E-state index in [1.165, 1.54) is 7.11 Å². The predicted molar refractivity (Wildman–Crippen MR) is 58.3 cm³/mol. The van der Waals surface area contributed by atoms with Crippen LogP contribution in [0.25, 0.3) is 0 Å². The largest absolute Gasteiger partial charge is 0.497 e. The van der Waals surface area contributed by atoms with Crippen LogP contribution >= 0.6 is 11.6 Å².